The Morgan fingerprint density at radius 1 is 0.833 bits per heavy atom. The second-order valence-electron chi connectivity index (χ2n) is 5.95. The molecular formula is C14H31O4+. The van der Waals surface area contributed by atoms with E-state index in [1.54, 1.807) is 20.8 Å². The van der Waals surface area contributed by atoms with Crippen LogP contribution in [-0.2, 0) is 9.59 Å². The van der Waals surface area contributed by atoms with E-state index < -0.39 is 17.4 Å². The largest absolute Gasteiger partial charge is 0.490 e. The number of rotatable bonds is 0. The number of carboxylic acids is 2. The maximum absolute atomic E-state index is 10.0. The van der Waals surface area contributed by atoms with Crippen LogP contribution in [-0.4, -0.2) is 22.2 Å². The van der Waals surface area contributed by atoms with Crippen molar-refractivity contribution in [2.45, 2.75) is 62.3 Å². The van der Waals surface area contributed by atoms with Gasteiger partial charge in [-0.25, -0.2) is 0 Å². The summed E-state index contributed by atoms with van der Waals surface area (Å²) >= 11 is 0. The molecule has 0 radical (unpaired) electrons. The molecule has 0 aromatic rings. The smallest absolute Gasteiger partial charge is 0.481 e. The van der Waals surface area contributed by atoms with Crippen LogP contribution >= 0.6 is 0 Å². The Bertz CT molecular complexity index is 197. The van der Waals surface area contributed by atoms with E-state index >= 15 is 0 Å². The lowest BCUT2D eigenvalue weighted by molar-refractivity contribution is -0.145. The lowest BCUT2D eigenvalue weighted by Crippen LogP contribution is -2.18. The Balaban J connectivity index is -0.0000000791. The molecule has 4 heteroatoms. The zero-order chi connectivity index (χ0) is 16.2. The van der Waals surface area contributed by atoms with Gasteiger partial charge < -0.3 is 10.2 Å². The Hall–Kier alpha value is -1.19. The van der Waals surface area contributed by atoms with E-state index in [1.807, 2.05) is 13.8 Å². The van der Waals surface area contributed by atoms with Crippen molar-refractivity contribution in [2.24, 2.45) is 10.8 Å². The Kier molecular flexibility index (Phi) is 17.5. The molecule has 0 atom stereocenters. The quantitative estimate of drug-likeness (QED) is 0.645. The molecule has 0 aromatic carbocycles. The van der Waals surface area contributed by atoms with Gasteiger partial charge in [0.1, 0.15) is 0 Å². The first-order chi connectivity index (χ1) is 7.68. The van der Waals surface area contributed by atoms with Gasteiger partial charge in [0.25, 0.3) is 0 Å². The molecule has 0 aliphatic rings. The molecule has 0 saturated heterocycles. The highest BCUT2D eigenvalue weighted by atomic mass is 16.4. The molecule has 0 amide bonds. The maximum atomic E-state index is 10.0. The molecule has 0 fully saturated rings. The molecular weight excluding hydrogens is 232 g/mol. The fraction of sp³-hybridized carbons (Fsp3) is 0.786. The Labute approximate surface area is 112 Å². The summed E-state index contributed by atoms with van der Waals surface area (Å²) in [5.41, 5.74) is -0.0833. The van der Waals surface area contributed by atoms with Crippen molar-refractivity contribution in [3.8, 4) is 0 Å². The number of carboxylic acid groups (broad SMARTS) is 2. The van der Waals surface area contributed by atoms with Crippen molar-refractivity contribution in [3.05, 3.63) is 6.92 Å². The van der Waals surface area contributed by atoms with E-state index in [-0.39, 0.29) is 0 Å². The highest BCUT2D eigenvalue weighted by Gasteiger charge is 2.18. The van der Waals surface area contributed by atoms with E-state index in [0.717, 1.165) is 0 Å². The zero-order valence-corrected chi connectivity index (χ0v) is 13.4. The third-order valence-corrected chi connectivity index (χ3v) is 0.642. The summed E-state index contributed by atoms with van der Waals surface area (Å²) < 4.78 is 0. The second kappa shape index (κ2) is 12.3. The van der Waals surface area contributed by atoms with Crippen LogP contribution in [0.3, 0.4) is 0 Å². The lowest BCUT2D eigenvalue weighted by atomic mass is 9.98. The van der Waals surface area contributed by atoms with Gasteiger partial charge in [-0.3, -0.25) is 4.79 Å². The van der Waals surface area contributed by atoms with Gasteiger partial charge in [-0.15, -0.1) is 0 Å². The van der Waals surface area contributed by atoms with Crippen LogP contribution in [0.1, 0.15) is 62.3 Å². The Morgan fingerprint density at radius 3 is 0.889 bits per heavy atom. The normalized spacial score (nSPS) is 9.39. The first kappa shape index (κ1) is 25.6. The number of carbonyl (C=O) groups is 2. The summed E-state index contributed by atoms with van der Waals surface area (Å²) in [5, 5.41) is 15.6. The van der Waals surface area contributed by atoms with Crippen LogP contribution in [0.4, 0.5) is 0 Å². The molecule has 2 N–H and O–H groups in total. The summed E-state index contributed by atoms with van der Waals surface area (Å²) in [6.45, 7) is 20.3. The predicted octanol–water partition coefficient (Wildman–Crippen LogP) is 4.10. The average Bonchev–Trinajstić information content (AvgIpc) is 2.01. The summed E-state index contributed by atoms with van der Waals surface area (Å²) in [5.74, 6) is -1.84. The first-order valence-electron chi connectivity index (χ1n) is 5.96. The molecule has 110 valence electrons. The molecule has 0 aliphatic heterocycles. The standard InChI is InChI=1S/C5H10O2.C5H12.C2H2O2.C2H6/c1-5(2,3)4(6)7;1-5(2,3)4;1-2(3)4;1-2/h1-3H3,(H,6,7);1-4H3;1H2;1-2H3/p+1. The molecule has 0 heterocycles. The molecule has 0 aromatic heterocycles. The predicted molar refractivity (Wildman–Crippen MR) is 76.6 cm³/mol. The summed E-state index contributed by atoms with van der Waals surface area (Å²) in [4.78, 5) is 18.9. The lowest BCUT2D eigenvalue weighted by Gasteiger charge is -2.08. The third-order valence-electron chi connectivity index (χ3n) is 0.642. The van der Waals surface area contributed by atoms with Gasteiger partial charge in [0, 0.05) is 0 Å². The molecule has 18 heavy (non-hydrogen) atoms. The maximum Gasteiger partial charge on any atom is 0.490 e. The molecule has 0 rings (SSSR count). The van der Waals surface area contributed by atoms with E-state index in [9.17, 15) is 4.79 Å². The van der Waals surface area contributed by atoms with E-state index in [1.165, 1.54) is 0 Å². The minimum Gasteiger partial charge on any atom is -0.481 e. The number of aliphatic carboxylic acids is 2. The number of hydrogen-bond acceptors (Lipinski definition) is 2. The van der Waals surface area contributed by atoms with Crippen molar-refractivity contribution in [1.29, 1.82) is 0 Å². The minimum absolute atomic E-state index is 0.500. The minimum atomic E-state index is -1.08. The zero-order valence-electron chi connectivity index (χ0n) is 13.4. The van der Waals surface area contributed by atoms with E-state index in [0.29, 0.717) is 5.41 Å². The molecule has 0 unspecified atom stereocenters. The highest BCUT2D eigenvalue weighted by molar-refractivity contribution is 5.72. The van der Waals surface area contributed by atoms with Crippen molar-refractivity contribution in [2.75, 3.05) is 0 Å². The van der Waals surface area contributed by atoms with Crippen LogP contribution in [0.5, 0.6) is 0 Å². The summed E-state index contributed by atoms with van der Waals surface area (Å²) in [6, 6.07) is 0. The molecule has 0 bridgehead atoms. The third kappa shape index (κ3) is 122. The van der Waals surface area contributed by atoms with Gasteiger partial charge in [0.2, 0.25) is 0 Å². The van der Waals surface area contributed by atoms with Crippen LogP contribution < -0.4 is 0 Å². The average molecular weight is 263 g/mol. The van der Waals surface area contributed by atoms with Crippen LogP contribution in [0.2, 0.25) is 0 Å². The van der Waals surface area contributed by atoms with Gasteiger partial charge >= 0.3 is 11.9 Å². The SMILES string of the molecule is CC.CC(C)(C)C.CC(C)(C)C(=O)O.[CH2+]C(=O)O. The van der Waals surface area contributed by atoms with Gasteiger partial charge in [0.15, 0.2) is 6.92 Å². The molecule has 0 saturated carbocycles. The second-order valence-corrected chi connectivity index (χ2v) is 5.95. The van der Waals surface area contributed by atoms with Gasteiger partial charge in [-0.1, -0.05) is 41.5 Å². The molecule has 0 spiro atoms. The Morgan fingerprint density at radius 2 is 0.889 bits per heavy atom. The molecule has 4 nitrogen and oxygen atoms in total. The van der Waals surface area contributed by atoms with Crippen molar-refractivity contribution in [3.63, 3.8) is 0 Å². The topological polar surface area (TPSA) is 74.6 Å². The fourth-order valence-corrected chi connectivity index (χ4v) is 0. The van der Waals surface area contributed by atoms with Crippen molar-refractivity contribution >= 4 is 11.9 Å². The van der Waals surface area contributed by atoms with Crippen LogP contribution in [0.25, 0.3) is 0 Å². The molecule has 0 aliphatic carbocycles. The van der Waals surface area contributed by atoms with Crippen LogP contribution in [0, 0.1) is 17.8 Å². The fourth-order valence-electron chi connectivity index (χ4n) is 0. The van der Waals surface area contributed by atoms with Gasteiger partial charge in [-0.2, -0.15) is 4.79 Å². The highest BCUT2D eigenvalue weighted by Crippen LogP contribution is 2.11. The van der Waals surface area contributed by atoms with E-state index in [2.05, 4.69) is 34.6 Å². The van der Waals surface area contributed by atoms with Gasteiger partial charge in [0.05, 0.1) is 5.41 Å². The van der Waals surface area contributed by atoms with Gasteiger partial charge in [-0.05, 0) is 26.2 Å². The summed E-state index contributed by atoms with van der Waals surface area (Å²) in [6.07, 6.45) is 0. The first-order valence-corrected chi connectivity index (χ1v) is 5.96. The summed E-state index contributed by atoms with van der Waals surface area (Å²) in [7, 11) is 0. The number of hydrogen-bond donors (Lipinski definition) is 2. The van der Waals surface area contributed by atoms with Crippen molar-refractivity contribution < 1.29 is 19.8 Å². The van der Waals surface area contributed by atoms with Crippen molar-refractivity contribution in [1.82, 2.24) is 0 Å². The monoisotopic (exact) mass is 263 g/mol. The van der Waals surface area contributed by atoms with Crippen LogP contribution in [0.15, 0.2) is 0 Å². The van der Waals surface area contributed by atoms with E-state index in [4.69, 9.17) is 15.0 Å².